The van der Waals surface area contributed by atoms with E-state index in [1.54, 1.807) is 7.11 Å². The normalized spacial score (nSPS) is 22.9. The van der Waals surface area contributed by atoms with Crippen LogP contribution in [0.25, 0.3) is 0 Å². The highest BCUT2D eigenvalue weighted by atomic mass is 32.1. The van der Waals surface area contributed by atoms with Crippen molar-refractivity contribution in [3.63, 3.8) is 0 Å². The summed E-state index contributed by atoms with van der Waals surface area (Å²) >= 11 is 1.82. The first-order valence-corrected chi connectivity index (χ1v) is 10.7. The van der Waals surface area contributed by atoms with Crippen molar-refractivity contribution in [2.75, 3.05) is 51.3 Å². The van der Waals surface area contributed by atoms with Crippen LogP contribution in [0.15, 0.2) is 41.8 Å². The monoisotopic (exact) mass is 386 g/mol. The van der Waals surface area contributed by atoms with Crippen LogP contribution >= 0.6 is 11.3 Å². The standard InChI is InChI=1S/C21H27N3O2S/c1-26-19-8-3-2-6-17(19)22-11-13-23(14-12-22)21(25)16-24-10-4-7-18(24)20-9-5-15-27-20/h2-3,5-6,8-9,15,18H,4,7,10-14,16H2,1H3/p+1/t18-/m1/s1. The zero-order valence-electron chi connectivity index (χ0n) is 15.9. The summed E-state index contributed by atoms with van der Waals surface area (Å²) in [4.78, 5) is 20.1. The van der Waals surface area contributed by atoms with Crippen LogP contribution in [-0.2, 0) is 4.79 Å². The molecule has 2 saturated heterocycles. The molecule has 5 nitrogen and oxygen atoms in total. The predicted octanol–water partition coefficient (Wildman–Crippen LogP) is 1.83. The summed E-state index contributed by atoms with van der Waals surface area (Å²) in [5, 5.41) is 2.14. The Hall–Kier alpha value is -2.05. The van der Waals surface area contributed by atoms with Crippen LogP contribution in [0.3, 0.4) is 0 Å². The number of methoxy groups -OCH3 is 1. The summed E-state index contributed by atoms with van der Waals surface area (Å²) in [7, 11) is 1.71. The number of amides is 1. The lowest BCUT2D eigenvalue weighted by atomic mass is 10.2. The van der Waals surface area contributed by atoms with Gasteiger partial charge in [0.15, 0.2) is 6.54 Å². The van der Waals surface area contributed by atoms with E-state index in [4.69, 9.17) is 4.74 Å². The van der Waals surface area contributed by atoms with Crippen LogP contribution < -0.4 is 14.5 Å². The molecule has 1 amide bonds. The molecule has 0 saturated carbocycles. The maximum absolute atomic E-state index is 12.9. The van der Waals surface area contributed by atoms with Crippen LogP contribution in [0.4, 0.5) is 5.69 Å². The van der Waals surface area contributed by atoms with E-state index in [-0.39, 0.29) is 0 Å². The fourth-order valence-electron chi connectivity index (χ4n) is 4.35. The third-order valence-electron chi connectivity index (χ3n) is 5.81. The topological polar surface area (TPSA) is 37.2 Å². The highest BCUT2D eigenvalue weighted by molar-refractivity contribution is 7.10. The van der Waals surface area contributed by atoms with Gasteiger partial charge >= 0.3 is 0 Å². The van der Waals surface area contributed by atoms with Crippen molar-refractivity contribution in [3.05, 3.63) is 46.7 Å². The van der Waals surface area contributed by atoms with Gasteiger partial charge in [-0.2, -0.15) is 0 Å². The maximum atomic E-state index is 12.9. The molecule has 2 fully saturated rings. The van der Waals surface area contributed by atoms with E-state index in [0.717, 1.165) is 44.2 Å². The van der Waals surface area contributed by atoms with Crippen molar-refractivity contribution >= 4 is 22.9 Å². The molecule has 0 radical (unpaired) electrons. The summed E-state index contributed by atoms with van der Waals surface area (Å²) in [6.45, 7) is 5.01. The van der Waals surface area contributed by atoms with Gasteiger partial charge in [-0.05, 0) is 23.6 Å². The van der Waals surface area contributed by atoms with E-state index in [1.807, 2.05) is 34.4 Å². The number of nitrogens with one attached hydrogen (secondary N) is 1. The Morgan fingerprint density at radius 2 is 2.00 bits per heavy atom. The van der Waals surface area contributed by atoms with Gasteiger partial charge in [0, 0.05) is 39.0 Å². The van der Waals surface area contributed by atoms with Crippen LogP contribution in [0.1, 0.15) is 23.8 Å². The number of hydrogen-bond acceptors (Lipinski definition) is 4. The lowest BCUT2D eigenvalue weighted by Gasteiger charge is -2.37. The highest BCUT2D eigenvalue weighted by Crippen LogP contribution is 2.28. The van der Waals surface area contributed by atoms with Crippen LogP contribution in [-0.4, -0.2) is 57.2 Å². The molecular formula is C21H28N3O2S+. The summed E-state index contributed by atoms with van der Waals surface area (Å²) in [5.74, 6) is 1.20. The number of ether oxygens (including phenoxy) is 1. The molecule has 0 spiro atoms. The first-order valence-electron chi connectivity index (χ1n) is 9.80. The molecule has 2 aromatic rings. The number of nitrogens with zero attached hydrogens (tertiary/aromatic N) is 2. The SMILES string of the molecule is COc1ccccc1N1CCN(C(=O)C[NH+]2CCC[C@@H]2c2cccs2)CC1. The molecule has 0 bridgehead atoms. The molecule has 3 heterocycles. The van der Waals surface area contributed by atoms with Gasteiger partial charge in [-0.15, -0.1) is 11.3 Å². The number of rotatable bonds is 5. The van der Waals surface area contributed by atoms with Crippen LogP contribution in [0.2, 0.25) is 0 Å². The fraction of sp³-hybridized carbons (Fsp3) is 0.476. The van der Waals surface area contributed by atoms with E-state index in [0.29, 0.717) is 18.5 Å². The number of piperazine rings is 1. The molecule has 1 aromatic heterocycles. The van der Waals surface area contributed by atoms with Crippen LogP contribution in [0, 0.1) is 0 Å². The van der Waals surface area contributed by atoms with E-state index < -0.39 is 0 Å². The van der Waals surface area contributed by atoms with E-state index in [9.17, 15) is 4.79 Å². The van der Waals surface area contributed by atoms with Crippen molar-refractivity contribution < 1.29 is 14.4 Å². The van der Waals surface area contributed by atoms with E-state index >= 15 is 0 Å². The Bertz CT molecular complexity index is 757. The number of carbonyl (C=O) groups is 1. The minimum Gasteiger partial charge on any atom is -0.495 e. The number of hydrogen-bond donors (Lipinski definition) is 1. The van der Waals surface area contributed by atoms with E-state index in [2.05, 4.69) is 28.5 Å². The molecule has 1 aromatic carbocycles. The number of carbonyl (C=O) groups excluding carboxylic acids is 1. The predicted molar refractivity (Wildman–Crippen MR) is 109 cm³/mol. The average Bonchev–Trinajstić information content (AvgIpc) is 3.39. The molecule has 2 atom stereocenters. The maximum Gasteiger partial charge on any atom is 0.277 e. The van der Waals surface area contributed by atoms with Gasteiger partial charge in [-0.25, -0.2) is 0 Å². The molecule has 4 rings (SSSR count). The van der Waals surface area contributed by atoms with Gasteiger partial charge in [0.05, 0.1) is 24.2 Å². The van der Waals surface area contributed by atoms with Gasteiger partial charge < -0.3 is 19.4 Å². The first-order chi connectivity index (χ1) is 13.3. The lowest BCUT2D eigenvalue weighted by molar-refractivity contribution is -0.910. The Kier molecular flexibility index (Phi) is 5.64. The Balaban J connectivity index is 1.33. The third kappa shape index (κ3) is 3.96. The van der Waals surface area contributed by atoms with Gasteiger partial charge in [-0.1, -0.05) is 18.2 Å². The molecular weight excluding hydrogens is 358 g/mol. The molecule has 6 heteroatoms. The molecule has 27 heavy (non-hydrogen) atoms. The quantitative estimate of drug-likeness (QED) is 0.852. The smallest absolute Gasteiger partial charge is 0.277 e. The first kappa shape index (κ1) is 18.3. The average molecular weight is 387 g/mol. The van der Waals surface area contributed by atoms with Gasteiger partial charge in [0.25, 0.3) is 5.91 Å². The van der Waals surface area contributed by atoms with Crippen molar-refractivity contribution in [3.8, 4) is 5.75 Å². The lowest BCUT2D eigenvalue weighted by Crippen LogP contribution is -3.11. The Morgan fingerprint density at radius 3 is 2.74 bits per heavy atom. The molecule has 2 aliphatic rings. The van der Waals surface area contributed by atoms with E-state index in [1.165, 1.54) is 22.6 Å². The number of thiophene rings is 1. The van der Waals surface area contributed by atoms with Crippen molar-refractivity contribution in [1.29, 1.82) is 0 Å². The fourth-order valence-corrected chi connectivity index (χ4v) is 5.27. The second kappa shape index (κ2) is 8.31. The number of anilines is 1. The Morgan fingerprint density at radius 1 is 1.19 bits per heavy atom. The van der Waals surface area contributed by atoms with Gasteiger partial charge in [-0.3, -0.25) is 4.79 Å². The summed E-state index contributed by atoms with van der Waals surface area (Å²) in [5.41, 5.74) is 1.12. The minimum absolute atomic E-state index is 0.299. The van der Waals surface area contributed by atoms with Crippen molar-refractivity contribution in [1.82, 2.24) is 4.90 Å². The molecule has 2 aliphatic heterocycles. The van der Waals surface area contributed by atoms with Crippen LogP contribution in [0.5, 0.6) is 5.75 Å². The summed E-state index contributed by atoms with van der Waals surface area (Å²) in [6.07, 6.45) is 2.41. The number of benzene rings is 1. The Labute approximate surface area is 165 Å². The third-order valence-corrected chi connectivity index (χ3v) is 6.79. The second-order valence-corrected chi connectivity index (χ2v) is 8.31. The zero-order valence-corrected chi connectivity index (χ0v) is 16.7. The van der Waals surface area contributed by atoms with Gasteiger partial charge in [0.1, 0.15) is 11.8 Å². The highest BCUT2D eigenvalue weighted by Gasteiger charge is 2.34. The largest absolute Gasteiger partial charge is 0.495 e. The molecule has 144 valence electrons. The van der Waals surface area contributed by atoms with Crippen molar-refractivity contribution in [2.45, 2.75) is 18.9 Å². The summed E-state index contributed by atoms with van der Waals surface area (Å²) < 4.78 is 5.48. The molecule has 1 N–H and O–H groups in total. The number of likely N-dealkylation sites (tertiary alicyclic amines) is 1. The summed E-state index contributed by atoms with van der Waals surface area (Å²) in [6, 6.07) is 13.0. The van der Waals surface area contributed by atoms with Gasteiger partial charge in [0.2, 0.25) is 0 Å². The minimum atomic E-state index is 0.299. The molecule has 0 aliphatic carbocycles. The second-order valence-electron chi connectivity index (χ2n) is 7.33. The number of quaternary nitrogens is 1. The molecule has 1 unspecified atom stereocenters. The van der Waals surface area contributed by atoms with Crippen molar-refractivity contribution in [2.24, 2.45) is 0 Å². The number of para-hydroxylation sites is 2. The zero-order chi connectivity index (χ0) is 18.6.